The molecule has 3 heterocycles. The first-order valence-electron chi connectivity index (χ1n) is 7.42. The molecule has 116 valence electrons. The van der Waals surface area contributed by atoms with Gasteiger partial charge in [-0.25, -0.2) is 9.97 Å². The number of nitrogens with one attached hydrogen (secondary N) is 1. The largest absolute Gasteiger partial charge is 0.474 e. The van der Waals surface area contributed by atoms with Crippen molar-refractivity contribution in [3.63, 3.8) is 0 Å². The van der Waals surface area contributed by atoms with Crippen LogP contribution in [0, 0.1) is 13.8 Å². The van der Waals surface area contributed by atoms with Crippen LogP contribution in [0.4, 0.5) is 0 Å². The van der Waals surface area contributed by atoms with Crippen molar-refractivity contribution in [3.05, 3.63) is 39.9 Å². The fourth-order valence-electron chi connectivity index (χ4n) is 2.37. The summed E-state index contributed by atoms with van der Waals surface area (Å²) in [6, 6.07) is 3.62. The number of ether oxygens (including phenoxy) is 2. The standard InChI is InChI=1S/C16H19N3O3/c1-10-11(2)18-15(19-16(10)20)12-3-6-17-14(9-12)22-13-4-7-21-8-5-13/h3,6,9,13H,4-5,7-8H2,1-2H3,(H,18,19,20). The van der Waals surface area contributed by atoms with Crippen molar-refractivity contribution in [2.24, 2.45) is 0 Å². The van der Waals surface area contributed by atoms with Crippen LogP contribution >= 0.6 is 0 Å². The van der Waals surface area contributed by atoms with Gasteiger partial charge in [-0.05, 0) is 19.9 Å². The van der Waals surface area contributed by atoms with Crippen LogP contribution in [0.2, 0.25) is 0 Å². The van der Waals surface area contributed by atoms with Gasteiger partial charge in [-0.15, -0.1) is 0 Å². The quantitative estimate of drug-likeness (QED) is 0.938. The zero-order valence-electron chi connectivity index (χ0n) is 12.8. The summed E-state index contributed by atoms with van der Waals surface area (Å²) in [7, 11) is 0. The Morgan fingerprint density at radius 3 is 2.82 bits per heavy atom. The van der Waals surface area contributed by atoms with Gasteiger partial charge in [0.2, 0.25) is 5.88 Å². The van der Waals surface area contributed by atoms with Crippen molar-refractivity contribution in [2.75, 3.05) is 13.2 Å². The summed E-state index contributed by atoms with van der Waals surface area (Å²) in [6.07, 6.45) is 3.53. The van der Waals surface area contributed by atoms with E-state index in [4.69, 9.17) is 9.47 Å². The number of aromatic nitrogens is 3. The lowest BCUT2D eigenvalue weighted by Crippen LogP contribution is -2.26. The van der Waals surface area contributed by atoms with Gasteiger partial charge in [0.05, 0.1) is 13.2 Å². The second-order valence-electron chi connectivity index (χ2n) is 5.44. The number of H-pyrrole nitrogens is 1. The van der Waals surface area contributed by atoms with Crippen LogP contribution in [0.15, 0.2) is 23.1 Å². The molecule has 3 rings (SSSR count). The highest BCUT2D eigenvalue weighted by Crippen LogP contribution is 2.21. The van der Waals surface area contributed by atoms with Crippen LogP contribution in [-0.2, 0) is 4.74 Å². The number of hydrogen-bond donors (Lipinski definition) is 1. The summed E-state index contributed by atoms with van der Waals surface area (Å²) in [5.74, 6) is 1.08. The molecule has 6 nitrogen and oxygen atoms in total. The van der Waals surface area contributed by atoms with E-state index >= 15 is 0 Å². The second-order valence-corrected chi connectivity index (χ2v) is 5.44. The Labute approximate surface area is 128 Å². The molecule has 1 saturated heterocycles. The van der Waals surface area contributed by atoms with Crippen molar-refractivity contribution in [1.29, 1.82) is 0 Å². The molecular formula is C16H19N3O3. The Kier molecular flexibility index (Phi) is 4.20. The molecule has 0 unspecified atom stereocenters. The van der Waals surface area contributed by atoms with E-state index in [-0.39, 0.29) is 11.7 Å². The number of rotatable bonds is 3. The lowest BCUT2D eigenvalue weighted by molar-refractivity contribution is 0.0237. The maximum atomic E-state index is 11.9. The number of nitrogens with zero attached hydrogens (tertiary/aromatic N) is 2. The van der Waals surface area contributed by atoms with Gasteiger partial charge in [-0.3, -0.25) is 4.79 Å². The van der Waals surface area contributed by atoms with Crippen LogP contribution in [0.25, 0.3) is 11.4 Å². The monoisotopic (exact) mass is 301 g/mol. The fraction of sp³-hybridized carbons (Fsp3) is 0.438. The minimum Gasteiger partial charge on any atom is -0.474 e. The molecule has 0 aliphatic carbocycles. The molecule has 1 aliphatic heterocycles. The molecule has 2 aromatic heterocycles. The van der Waals surface area contributed by atoms with E-state index in [0.717, 1.165) is 37.3 Å². The molecule has 6 heteroatoms. The average molecular weight is 301 g/mol. The predicted molar refractivity (Wildman–Crippen MR) is 82.0 cm³/mol. The highest BCUT2D eigenvalue weighted by molar-refractivity contribution is 5.56. The molecular weight excluding hydrogens is 282 g/mol. The first kappa shape index (κ1) is 14.7. The summed E-state index contributed by atoms with van der Waals surface area (Å²) >= 11 is 0. The van der Waals surface area contributed by atoms with Crippen LogP contribution < -0.4 is 10.3 Å². The maximum absolute atomic E-state index is 11.9. The van der Waals surface area contributed by atoms with E-state index in [1.807, 2.05) is 19.1 Å². The van der Waals surface area contributed by atoms with Crippen LogP contribution in [0.5, 0.6) is 5.88 Å². The topological polar surface area (TPSA) is 77.1 Å². The molecule has 22 heavy (non-hydrogen) atoms. The van der Waals surface area contributed by atoms with Crippen LogP contribution in [0.1, 0.15) is 24.1 Å². The summed E-state index contributed by atoms with van der Waals surface area (Å²) < 4.78 is 11.2. The predicted octanol–water partition coefficient (Wildman–Crippen LogP) is 2.01. The Balaban J connectivity index is 1.86. The molecule has 1 N–H and O–H groups in total. The van der Waals surface area contributed by atoms with E-state index in [2.05, 4.69) is 15.0 Å². The smallest absolute Gasteiger partial charge is 0.254 e. The highest BCUT2D eigenvalue weighted by atomic mass is 16.5. The fourth-order valence-corrected chi connectivity index (χ4v) is 2.37. The summed E-state index contributed by atoms with van der Waals surface area (Å²) in [5.41, 5.74) is 2.03. The lowest BCUT2D eigenvalue weighted by Gasteiger charge is -2.22. The van der Waals surface area contributed by atoms with Gasteiger partial charge in [0.1, 0.15) is 11.9 Å². The van der Waals surface area contributed by atoms with Gasteiger partial charge < -0.3 is 14.5 Å². The number of aromatic amines is 1. The van der Waals surface area contributed by atoms with Crippen molar-refractivity contribution in [2.45, 2.75) is 32.8 Å². The molecule has 0 radical (unpaired) electrons. The third-order valence-electron chi connectivity index (χ3n) is 3.86. The van der Waals surface area contributed by atoms with E-state index < -0.39 is 0 Å². The minimum absolute atomic E-state index is 0.119. The van der Waals surface area contributed by atoms with Gasteiger partial charge in [0, 0.05) is 41.9 Å². The molecule has 1 fully saturated rings. The molecule has 0 amide bonds. The Bertz CT molecular complexity index is 721. The van der Waals surface area contributed by atoms with Gasteiger partial charge in [-0.1, -0.05) is 0 Å². The first-order valence-corrected chi connectivity index (χ1v) is 7.42. The molecule has 0 spiro atoms. The Hall–Kier alpha value is -2.21. The van der Waals surface area contributed by atoms with Crippen LogP contribution in [-0.4, -0.2) is 34.3 Å². The third kappa shape index (κ3) is 3.17. The van der Waals surface area contributed by atoms with Crippen molar-refractivity contribution in [3.8, 4) is 17.3 Å². The van der Waals surface area contributed by atoms with E-state index in [9.17, 15) is 4.79 Å². The SMILES string of the molecule is Cc1nc(-c2ccnc(OC3CCOCC3)c2)[nH]c(=O)c1C. The highest BCUT2D eigenvalue weighted by Gasteiger charge is 2.16. The van der Waals surface area contributed by atoms with Gasteiger partial charge in [0.15, 0.2) is 0 Å². The summed E-state index contributed by atoms with van der Waals surface area (Å²) in [5, 5.41) is 0. The average Bonchev–Trinajstić information content (AvgIpc) is 2.53. The molecule has 2 aromatic rings. The molecule has 0 saturated carbocycles. The minimum atomic E-state index is -0.119. The number of aryl methyl sites for hydroxylation is 1. The molecule has 0 bridgehead atoms. The van der Waals surface area contributed by atoms with Crippen LogP contribution in [0.3, 0.4) is 0 Å². The first-order chi connectivity index (χ1) is 10.6. The Morgan fingerprint density at radius 2 is 2.09 bits per heavy atom. The second kappa shape index (κ2) is 6.27. The van der Waals surface area contributed by atoms with Gasteiger partial charge in [0.25, 0.3) is 5.56 Å². The Morgan fingerprint density at radius 1 is 1.32 bits per heavy atom. The number of hydrogen-bond acceptors (Lipinski definition) is 5. The van der Waals surface area contributed by atoms with E-state index in [0.29, 0.717) is 17.3 Å². The molecule has 0 atom stereocenters. The molecule has 0 aromatic carbocycles. The molecule has 1 aliphatic rings. The zero-order valence-corrected chi connectivity index (χ0v) is 12.8. The van der Waals surface area contributed by atoms with E-state index in [1.165, 1.54) is 0 Å². The van der Waals surface area contributed by atoms with Crippen molar-refractivity contribution in [1.82, 2.24) is 15.0 Å². The lowest BCUT2D eigenvalue weighted by atomic mass is 10.1. The summed E-state index contributed by atoms with van der Waals surface area (Å²) in [6.45, 7) is 5.03. The van der Waals surface area contributed by atoms with Crippen molar-refractivity contribution < 1.29 is 9.47 Å². The van der Waals surface area contributed by atoms with Gasteiger partial charge in [-0.2, -0.15) is 0 Å². The third-order valence-corrected chi connectivity index (χ3v) is 3.86. The maximum Gasteiger partial charge on any atom is 0.254 e. The zero-order chi connectivity index (χ0) is 15.5. The van der Waals surface area contributed by atoms with Crippen molar-refractivity contribution >= 4 is 0 Å². The number of pyridine rings is 1. The normalized spacial score (nSPS) is 15.7. The van der Waals surface area contributed by atoms with Gasteiger partial charge >= 0.3 is 0 Å². The summed E-state index contributed by atoms with van der Waals surface area (Å²) in [4.78, 5) is 23.3. The van der Waals surface area contributed by atoms with E-state index in [1.54, 1.807) is 13.1 Å².